The molecule has 210 valence electrons. The van der Waals surface area contributed by atoms with E-state index in [2.05, 4.69) is 78.9 Å². The van der Waals surface area contributed by atoms with Gasteiger partial charge in [-0.1, -0.05) is 115 Å². The molecule has 0 aliphatic heterocycles. The van der Waals surface area contributed by atoms with Gasteiger partial charge in [-0.25, -0.2) is 4.98 Å². The van der Waals surface area contributed by atoms with Gasteiger partial charge in [-0.3, -0.25) is 4.57 Å². The molecule has 7 heteroatoms. The lowest BCUT2D eigenvalue weighted by molar-refractivity contribution is -0.100. The van der Waals surface area contributed by atoms with Gasteiger partial charge in [-0.2, -0.15) is 0 Å². The van der Waals surface area contributed by atoms with Crippen molar-refractivity contribution in [3.8, 4) is 39.1 Å². The maximum atomic E-state index is 10.6. The molecule has 0 amide bonds. The number of hydrogen-bond acceptors (Lipinski definition) is 3. The van der Waals surface area contributed by atoms with Crippen molar-refractivity contribution in [3.05, 3.63) is 133 Å². The highest BCUT2D eigenvalue weighted by molar-refractivity contribution is 6.44. The molecule has 0 saturated carbocycles. The predicted octanol–water partition coefficient (Wildman–Crippen LogP) is 7.10. The number of hydrogen-bond donors (Lipinski definition) is 2. The van der Waals surface area contributed by atoms with Crippen molar-refractivity contribution < 1.29 is 10.2 Å². The summed E-state index contributed by atoms with van der Waals surface area (Å²) < 4.78 is 1.82. The van der Waals surface area contributed by atoms with Gasteiger partial charge < -0.3 is 10.2 Å². The van der Waals surface area contributed by atoms with Crippen LogP contribution in [0.3, 0.4) is 0 Å². The third kappa shape index (κ3) is 3.58. The lowest BCUT2D eigenvalue weighted by Gasteiger charge is -2.37. The summed E-state index contributed by atoms with van der Waals surface area (Å²) in [5.41, 5.74) is 6.31. The predicted molar refractivity (Wildman–Crippen MR) is 190 cm³/mol. The Bertz CT molecular complexity index is 2480. The molecule has 6 radical (unpaired) electrons. The summed E-state index contributed by atoms with van der Waals surface area (Å²) in [6.45, 7) is 0. The number of fused-ring (bicyclic) bond motifs is 6. The molecule has 1 aliphatic rings. The maximum Gasteiger partial charge on any atom is 0.152 e. The van der Waals surface area contributed by atoms with Crippen LogP contribution in [0.4, 0.5) is 0 Å². The molecule has 0 atom stereocenters. The molecule has 9 rings (SSSR count). The molecule has 4 nitrogen and oxygen atoms in total. The van der Waals surface area contributed by atoms with E-state index in [0.29, 0.717) is 11.0 Å². The molecule has 1 aromatic heterocycles. The molecule has 46 heavy (non-hydrogen) atoms. The average molecular weight is 584 g/mol. The molecule has 0 bridgehead atoms. The lowest BCUT2D eigenvalue weighted by atomic mass is 9.45. The SMILES string of the molecule is [B]C(O)(O)C([B])([B])c1nc2ccccc2n1-c1c2ccccc2c(-c2ccc3c4c(cccc24)-c2ccccc2-3)c2ccccc12. The summed E-state index contributed by atoms with van der Waals surface area (Å²) >= 11 is 0. The van der Waals surface area contributed by atoms with Crippen molar-refractivity contribution in [3.63, 3.8) is 0 Å². The Labute approximate surface area is 269 Å². The van der Waals surface area contributed by atoms with E-state index in [0.717, 1.165) is 38.4 Å². The minimum absolute atomic E-state index is 0.0207. The van der Waals surface area contributed by atoms with Gasteiger partial charge in [0.25, 0.3) is 0 Å². The van der Waals surface area contributed by atoms with Gasteiger partial charge in [0.1, 0.15) is 11.5 Å². The van der Waals surface area contributed by atoms with Gasteiger partial charge in [-0.15, -0.1) is 0 Å². The molecule has 0 unspecified atom stereocenters. The number of aliphatic hydroxyl groups is 2. The topological polar surface area (TPSA) is 58.3 Å². The molecule has 7 aromatic carbocycles. The first kappa shape index (κ1) is 27.2. The highest BCUT2D eigenvalue weighted by Crippen LogP contribution is 2.51. The largest absolute Gasteiger partial charge is 0.376 e. The van der Waals surface area contributed by atoms with Crippen LogP contribution in [-0.4, -0.2) is 49.0 Å². The number of imidazole rings is 1. The second-order valence-electron chi connectivity index (χ2n) is 12.1. The molecular weight excluding hydrogens is 561 g/mol. The Morgan fingerprint density at radius 2 is 1.00 bits per heavy atom. The molecule has 1 heterocycles. The van der Waals surface area contributed by atoms with Gasteiger partial charge >= 0.3 is 0 Å². The van der Waals surface area contributed by atoms with Crippen molar-refractivity contribution >= 4 is 66.9 Å². The van der Waals surface area contributed by atoms with E-state index in [9.17, 15) is 10.2 Å². The molecule has 1 aliphatic carbocycles. The second kappa shape index (κ2) is 9.46. The van der Waals surface area contributed by atoms with Crippen molar-refractivity contribution in [2.75, 3.05) is 0 Å². The van der Waals surface area contributed by atoms with Gasteiger partial charge in [0, 0.05) is 10.8 Å². The first-order valence-corrected chi connectivity index (χ1v) is 15.1. The zero-order valence-electron chi connectivity index (χ0n) is 24.6. The zero-order chi connectivity index (χ0) is 31.4. The average Bonchev–Trinajstić information content (AvgIpc) is 3.61. The number of aromatic nitrogens is 2. The molecule has 0 saturated heterocycles. The van der Waals surface area contributed by atoms with E-state index in [4.69, 9.17) is 28.5 Å². The van der Waals surface area contributed by atoms with Crippen molar-refractivity contribution in [2.24, 2.45) is 0 Å². The third-order valence-electron chi connectivity index (χ3n) is 9.48. The van der Waals surface area contributed by atoms with E-state index >= 15 is 0 Å². The van der Waals surface area contributed by atoms with E-state index in [1.165, 1.54) is 33.0 Å². The summed E-state index contributed by atoms with van der Waals surface area (Å²) in [4.78, 5) is 4.72. The minimum Gasteiger partial charge on any atom is -0.376 e. The monoisotopic (exact) mass is 584 g/mol. The van der Waals surface area contributed by atoms with E-state index in [1.807, 2.05) is 53.1 Å². The van der Waals surface area contributed by atoms with E-state index < -0.39 is 10.9 Å². The van der Waals surface area contributed by atoms with Crippen LogP contribution in [0.15, 0.2) is 127 Å². The summed E-state index contributed by atoms with van der Waals surface area (Å²) in [5, 5.41) is 25.1. The fourth-order valence-corrected chi connectivity index (χ4v) is 7.36. The highest BCUT2D eigenvalue weighted by Gasteiger charge is 2.41. The highest BCUT2D eigenvalue weighted by atomic mass is 16.5. The number of nitrogens with zero attached hydrogens (tertiary/aromatic N) is 2. The molecule has 0 spiro atoms. The van der Waals surface area contributed by atoms with Crippen molar-refractivity contribution in [2.45, 2.75) is 10.9 Å². The summed E-state index contributed by atoms with van der Waals surface area (Å²) in [6, 6.07) is 43.6. The molecule has 0 fully saturated rings. The van der Waals surface area contributed by atoms with Crippen LogP contribution in [0.25, 0.3) is 82.4 Å². The normalized spacial score (nSPS) is 12.8. The van der Waals surface area contributed by atoms with Gasteiger partial charge in [-0.05, 0) is 72.3 Å². The van der Waals surface area contributed by atoms with Gasteiger partial charge in [0.05, 0.1) is 32.4 Å². The van der Waals surface area contributed by atoms with Crippen molar-refractivity contribution in [1.82, 2.24) is 9.55 Å². The first-order valence-electron chi connectivity index (χ1n) is 15.1. The van der Waals surface area contributed by atoms with Crippen LogP contribution in [0.5, 0.6) is 0 Å². The lowest BCUT2D eigenvalue weighted by Crippen LogP contribution is -2.54. The molecular formula is C39H23B3N2O2. The molecule has 2 N–H and O–H groups in total. The maximum absolute atomic E-state index is 10.6. The Balaban J connectivity index is 1.44. The zero-order valence-corrected chi connectivity index (χ0v) is 24.6. The van der Waals surface area contributed by atoms with Gasteiger partial charge in [0.2, 0.25) is 0 Å². The summed E-state index contributed by atoms with van der Waals surface area (Å²) in [5.74, 6) is 0.0207. The Morgan fingerprint density at radius 1 is 0.500 bits per heavy atom. The minimum atomic E-state index is -2.96. The fraction of sp³-hybridized carbons (Fsp3) is 0.0513. The van der Waals surface area contributed by atoms with Crippen LogP contribution >= 0.6 is 0 Å². The van der Waals surface area contributed by atoms with Crippen molar-refractivity contribution in [1.29, 1.82) is 0 Å². The van der Waals surface area contributed by atoms with Crippen LogP contribution < -0.4 is 0 Å². The smallest absolute Gasteiger partial charge is 0.152 e. The number of para-hydroxylation sites is 2. The Morgan fingerprint density at radius 3 is 1.65 bits per heavy atom. The fourth-order valence-electron chi connectivity index (χ4n) is 7.36. The van der Waals surface area contributed by atoms with Gasteiger partial charge in [0.15, 0.2) is 7.85 Å². The quantitative estimate of drug-likeness (QED) is 0.132. The van der Waals surface area contributed by atoms with Crippen LogP contribution in [0, 0.1) is 0 Å². The number of rotatable bonds is 4. The summed E-state index contributed by atoms with van der Waals surface area (Å²) in [6.07, 6.45) is 0. The standard InChI is InChI=1S/C39H23B3N2O2/c40-38(41,39(42,45)46)37-43-32-18-7-8-19-33(32)44(37)36-30-14-5-3-12-26(30)35(27-13-4-6-15-31(27)36)29-21-20-28-23-11-2-1-10-22(23)24-16-9-17-25(29)34(24)28/h1-21,45-46H. The second-order valence-corrected chi connectivity index (χ2v) is 12.1. The van der Waals surface area contributed by atoms with Crippen LogP contribution in [-0.2, 0) is 5.21 Å². The Hall–Kier alpha value is -5.10. The van der Waals surface area contributed by atoms with Crippen LogP contribution in [0.2, 0.25) is 0 Å². The third-order valence-corrected chi connectivity index (χ3v) is 9.48. The molecule has 8 aromatic rings. The number of benzene rings is 7. The Kier molecular flexibility index (Phi) is 5.60. The van der Waals surface area contributed by atoms with E-state index in [-0.39, 0.29) is 5.82 Å². The van der Waals surface area contributed by atoms with E-state index in [1.54, 1.807) is 0 Å². The van der Waals surface area contributed by atoms with Crippen LogP contribution in [0.1, 0.15) is 5.82 Å². The summed E-state index contributed by atoms with van der Waals surface area (Å²) in [7, 11) is 18.6. The first-order chi connectivity index (χ1) is 22.3.